The van der Waals surface area contributed by atoms with Crippen molar-refractivity contribution < 1.29 is 0 Å². The van der Waals surface area contributed by atoms with Crippen molar-refractivity contribution >= 4 is 17.3 Å². The SMILES string of the molecule is CC1CN(C)CCN1c1ccc(CNC(C)(C)C)cc1Cl. The Morgan fingerprint density at radius 2 is 2.00 bits per heavy atom. The first-order valence-electron chi connectivity index (χ1n) is 7.75. The van der Waals surface area contributed by atoms with Crippen molar-refractivity contribution in [2.45, 2.75) is 45.8 Å². The summed E-state index contributed by atoms with van der Waals surface area (Å²) in [5, 5.41) is 4.36. The van der Waals surface area contributed by atoms with Crippen LogP contribution in [-0.2, 0) is 6.54 Å². The van der Waals surface area contributed by atoms with E-state index in [1.807, 2.05) is 0 Å². The van der Waals surface area contributed by atoms with Crippen molar-refractivity contribution in [3.8, 4) is 0 Å². The van der Waals surface area contributed by atoms with E-state index in [0.29, 0.717) is 6.04 Å². The van der Waals surface area contributed by atoms with E-state index in [1.54, 1.807) is 0 Å². The Kier molecular flexibility index (Phi) is 5.18. The van der Waals surface area contributed by atoms with Gasteiger partial charge in [0.25, 0.3) is 0 Å². The van der Waals surface area contributed by atoms with Crippen LogP contribution in [0.3, 0.4) is 0 Å². The van der Waals surface area contributed by atoms with Gasteiger partial charge in [-0.25, -0.2) is 0 Å². The number of nitrogens with zero attached hydrogens (tertiary/aromatic N) is 2. The molecule has 1 N–H and O–H groups in total. The first-order chi connectivity index (χ1) is 9.76. The van der Waals surface area contributed by atoms with Crippen LogP contribution in [0.25, 0.3) is 0 Å². The molecule has 1 atom stereocenters. The lowest BCUT2D eigenvalue weighted by Crippen LogP contribution is -2.50. The first-order valence-corrected chi connectivity index (χ1v) is 8.13. The zero-order valence-corrected chi connectivity index (χ0v) is 14.7. The van der Waals surface area contributed by atoms with E-state index in [4.69, 9.17) is 11.6 Å². The maximum atomic E-state index is 6.53. The minimum absolute atomic E-state index is 0.122. The summed E-state index contributed by atoms with van der Waals surface area (Å²) in [6.45, 7) is 12.9. The predicted molar refractivity (Wildman–Crippen MR) is 92.3 cm³/mol. The molecule has 1 saturated heterocycles. The molecule has 0 aromatic heterocycles. The number of likely N-dealkylation sites (N-methyl/N-ethyl adjacent to an activating group) is 1. The van der Waals surface area contributed by atoms with Crippen LogP contribution in [0, 0.1) is 0 Å². The lowest BCUT2D eigenvalue weighted by Gasteiger charge is -2.40. The summed E-state index contributed by atoms with van der Waals surface area (Å²) in [6.07, 6.45) is 0. The number of nitrogens with one attached hydrogen (secondary N) is 1. The molecule has 1 fully saturated rings. The largest absolute Gasteiger partial charge is 0.365 e. The van der Waals surface area contributed by atoms with Gasteiger partial charge in [0.15, 0.2) is 0 Å². The lowest BCUT2D eigenvalue weighted by molar-refractivity contribution is 0.275. The minimum Gasteiger partial charge on any atom is -0.365 e. The maximum Gasteiger partial charge on any atom is 0.0642 e. The molecule has 1 aromatic carbocycles. The summed E-state index contributed by atoms with van der Waals surface area (Å²) in [7, 11) is 2.18. The molecule has 118 valence electrons. The molecule has 1 unspecified atom stereocenters. The molecular formula is C17H28ClN3. The monoisotopic (exact) mass is 309 g/mol. The molecule has 0 bridgehead atoms. The Morgan fingerprint density at radius 1 is 1.29 bits per heavy atom. The van der Waals surface area contributed by atoms with Crippen molar-refractivity contribution in [1.82, 2.24) is 10.2 Å². The van der Waals surface area contributed by atoms with Crippen molar-refractivity contribution in [1.29, 1.82) is 0 Å². The highest BCUT2D eigenvalue weighted by molar-refractivity contribution is 6.33. The number of halogens is 1. The van der Waals surface area contributed by atoms with Crippen LogP contribution >= 0.6 is 11.6 Å². The molecule has 3 nitrogen and oxygen atoms in total. The predicted octanol–water partition coefficient (Wildman–Crippen LogP) is 3.37. The molecule has 1 heterocycles. The van der Waals surface area contributed by atoms with E-state index in [0.717, 1.165) is 36.9 Å². The van der Waals surface area contributed by atoms with Gasteiger partial charge in [-0.05, 0) is 52.4 Å². The highest BCUT2D eigenvalue weighted by Crippen LogP contribution is 2.29. The average molecular weight is 310 g/mol. The number of benzene rings is 1. The van der Waals surface area contributed by atoms with Gasteiger partial charge < -0.3 is 15.1 Å². The third-order valence-corrected chi connectivity index (χ3v) is 4.28. The summed E-state index contributed by atoms with van der Waals surface area (Å²) in [4.78, 5) is 4.79. The van der Waals surface area contributed by atoms with Gasteiger partial charge in [0.1, 0.15) is 0 Å². The number of anilines is 1. The Morgan fingerprint density at radius 3 is 2.57 bits per heavy atom. The third kappa shape index (κ3) is 4.60. The first kappa shape index (κ1) is 16.6. The Balaban J connectivity index is 2.09. The van der Waals surface area contributed by atoms with E-state index in [2.05, 4.69) is 68.1 Å². The van der Waals surface area contributed by atoms with Crippen LogP contribution in [0.4, 0.5) is 5.69 Å². The van der Waals surface area contributed by atoms with Crippen LogP contribution in [0.1, 0.15) is 33.3 Å². The highest BCUT2D eigenvalue weighted by atomic mass is 35.5. The Bertz CT molecular complexity index is 481. The van der Waals surface area contributed by atoms with Crippen molar-refractivity contribution in [2.24, 2.45) is 0 Å². The average Bonchev–Trinajstić information content (AvgIpc) is 2.37. The molecular weight excluding hydrogens is 282 g/mol. The quantitative estimate of drug-likeness (QED) is 0.923. The van der Waals surface area contributed by atoms with Crippen LogP contribution in [0.2, 0.25) is 5.02 Å². The second-order valence-electron chi connectivity index (χ2n) is 7.19. The van der Waals surface area contributed by atoms with Crippen molar-refractivity contribution in [2.75, 3.05) is 31.6 Å². The molecule has 0 spiro atoms. The molecule has 0 saturated carbocycles. The van der Waals surface area contributed by atoms with Crippen LogP contribution in [0.5, 0.6) is 0 Å². The summed E-state index contributed by atoms with van der Waals surface area (Å²) in [5.41, 5.74) is 2.52. The standard InChI is InChI=1S/C17H28ClN3/c1-13-12-20(5)8-9-21(13)16-7-6-14(10-15(16)18)11-19-17(2,3)4/h6-7,10,13,19H,8-9,11-12H2,1-5H3. The summed E-state index contributed by atoms with van der Waals surface area (Å²) in [6, 6.07) is 6.95. The number of hydrogen-bond donors (Lipinski definition) is 1. The topological polar surface area (TPSA) is 18.5 Å². The molecule has 0 aliphatic carbocycles. The van der Waals surface area contributed by atoms with Crippen molar-refractivity contribution in [3.05, 3.63) is 28.8 Å². The number of piperazine rings is 1. The molecule has 1 aliphatic rings. The normalized spacial score (nSPS) is 20.9. The van der Waals surface area contributed by atoms with Gasteiger partial charge in [-0.15, -0.1) is 0 Å². The molecule has 0 amide bonds. The Labute approximate surface area is 134 Å². The fraction of sp³-hybridized carbons (Fsp3) is 0.647. The van der Waals surface area contributed by atoms with Crippen LogP contribution in [-0.4, -0.2) is 43.2 Å². The molecule has 4 heteroatoms. The molecule has 0 radical (unpaired) electrons. The molecule has 2 rings (SSSR count). The van der Waals surface area contributed by atoms with Gasteiger partial charge >= 0.3 is 0 Å². The van der Waals surface area contributed by atoms with Gasteiger partial charge in [0.2, 0.25) is 0 Å². The van der Waals surface area contributed by atoms with Crippen LogP contribution in [0.15, 0.2) is 18.2 Å². The van der Waals surface area contributed by atoms with Crippen LogP contribution < -0.4 is 10.2 Å². The second-order valence-corrected chi connectivity index (χ2v) is 7.60. The molecule has 1 aliphatic heterocycles. The van der Waals surface area contributed by atoms with Crippen molar-refractivity contribution in [3.63, 3.8) is 0 Å². The summed E-state index contributed by atoms with van der Waals surface area (Å²) < 4.78 is 0. The third-order valence-electron chi connectivity index (χ3n) is 3.97. The van der Waals surface area contributed by atoms with E-state index in [1.165, 1.54) is 5.56 Å². The molecule has 21 heavy (non-hydrogen) atoms. The zero-order chi connectivity index (χ0) is 15.6. The van der Waals surface area contributed by atoms with E-state index >= 15 is 0 Å². The maximum absolute atomic E-state index is 6.53. The van der Waals surface area contributed by atoms with Gasteiger partial charge in [-0.1, -0.05) is 17.7 Å². The van der Waals surface area contributed by atoms with Gasteiger partial charge in [-0.3, -0.25) is 0 Å². The number of rotatable bonds is 3. The Hall–Kier alpha value is -0.770. The minimum atomic E-state index is 0.122. The van der Waals surface area contributed by atoms with Gasteiger partial charge in [0.05, 0.1) is 10.7 Å². The fourth-order valence-corrected chi connectivity index (χ4v) is 3.07. The van der Waals surface area contributed by atoms with E-state index < -0.39 is 0 Å². The smallest absolute Gasteiger partial charge is 0.0642 e. The number of hydrogen-bond acceptors (Lipinski definition) is 3. The van der Waals surface area contributed by atoms with Gasteiger partial charge in [0, 0.05) is 37.8 Å². The lowest BCUT2D eigenvalue weighted by atomic mass is 10.1. The zero-order valence-electron chi connectivity index (χ0n) is 13.9. The second kappa shape index (κ2) is 6.55. The van der Waals surface area contributed by atoms with Gasteiger partial charge in [-0.2, -0.15) is 0 Å². The van der Waals surface area contributed by atoms with E-state index in [-0.39, 0.29) is 5.54 Å². The fourth-order valence-electron chi connectivity index (χ4n) is 2.76. The summed E-state index contributed by atoms with van der Waals surface area (Å²) in [5.74, 6) is 0. The molecule has 1 aromatic rings. The highest BCUT2D eigenvalue weighted by Gasteiger charge is 2.23. The summed E-state index contributed by atoms with van der Waals surface area (Å²) >= 11 is 6.53. The van der Waals surface area contributed by atoms with E-state index in [9.17, 15) is 0 Å².